The summed E-state index contributed by atoms with van der Waals surface area (Å²) in [5.74, 6) is -0.529. The van der Waals surface area contributed by atoms with E-state index in [0.717, 1.165) is 31.2 Å². The van der Waals surface area contributed by atoms with Gasteiger partial charge in [0.05, 0.1) is 17.6 Å². The van der Waals surface area contributed by atoms with Gasteiger partial charge in [-0.3, -0.25) is 0 Å². The van der Waals surface area contributed by atoms with E-state index >= 15 is 0 Å². The van der Waals surface area contributed by atoms with Crippen molar-refractivity contribution in [1.82, 2.24) is 4.72 Å². The largest absolute Gasteiger partial charge is 0.465 e. The van der Waals surface area contributed by atoms with Gasteiger partial charge in [0.15, 0.2) is 0 Å². The summed E-state index contributed by atoms with van der Waals surface area (Å²) in [6, 6.07) is 4.46. The zero-order chi connectivity index (χ0) is 17.0. The minimum Gasteiger partial charge on any atom is -0.465 e. The minimum absolute atomic E-state index is 0.0451. The number of benzene rings is 1. The van der Waals surface area contributed by atoms with Crippen molar-refractivity contribution in [2.45, 2.75) is 43.5 Å². The fraction of sp³-hybridized carbons (Fsp3) is 0.562. The van der Waals surface area contributed by atoms with E-state index in [1.54, 1.807) is 13.0 Å². The number of nitrogens with two attached hydrogens (primary N) is 1. The molecule has 6 nitrogen and oxygen atoms in total. The summed E-state index contributed by atoms with van der Waals surface area (Å²) < 4.78 is 33.0. The van der Waals surface area contributed by atoms with Gasteiger partial charge in [-0.1, -0.05) is 24.5 Å². The van der Waals surface area contributed by atoms with Crippen LogP contribution in [0.15, 0.2) is 23.1 Å². The Kier molecular flexibility index (Phi) is 5.78. The van der Waals surface area contributed by atoms with Crippen LogP contribution in [0.3, 0.4) is 0 Å². The number of ether oxygens (including phenoxy) is 1. The summed E-state index contributed by atoms with van der Waals surface area (Å²) in [5, 5.41) is 0. The summed E-state index contributed by atoms with van der Waals surface area (Å²) in [5.41, 5.74) is 6.61. The molecule has 1 aliphatic rings. The Hall–Kier alpha value is -1.44. The number of carbonyl (C=O) groups is 1. The molecule has 7 heteroatoms. The lowest BCUT2D eigenvalue weighted by atomic mass is 9.85. The summed E-state index contributed by atoms with van der Waals surface area (Å²) in [7, 11) is -2.58. The first-order valence-electron chi connectivity index (χ1n) is 7.80. The van der Waals surface area contributed by atoms with Gasteiger partial charge in [0.2, 0.25) is 10.0 Å². The normalized spacial score (nSPS) is 21.9. The van der Waals surface area contributed by atoms with Crippen molar-refractivity contribution >= 4 is 16.0 Å². The van der Waals surface area contributed by atoms with Crippen LogP contribution in [0.25, 0.3) is 0 Å². The SMILES string of the molecule is COC(=O)c1cc(C)ccc1S(=O)(=O)NC1CCCCC1CN. The molecule has 1 fully saturated rings. The molecule has 1 aliphatic carbocycles. The van der Waals surface area contributed by atoms with Gasteiger partial charge in [0.1, 0.15) is 0 Å². The fourth-order valence-corrected chi connectivity index (χ4v) is 4.57. The topological polar surface area (TPSA) is 98.5 Å². The van der Waals surface area contributed by atoms with Crippen molar-refractivity contribution in [3.63, 3.8) is 0 Å². The van der Waals surface area contributed by atoms with Crippen molar-refractivity contribution in [2.24, 2.45) is 11.7 Å². The van der Waals surface area contributed by atoms with Crippen molar-refractivity contribution in [3.05, 3.63) is 29.3 Å². The van der Waals surface area contributed by atoms with Crippen molar-refractivity contribution in [1.29, 1.82) is 0 Å². The van der Waals surface area contributed by atoms with Crippen LogP contribution in [0.4, 0.5) is 0 Å². The molecule has 0 heterocycles. The molecule has 0 spiro atoms. The first-order valence-corrected chi connectivity index (χ1v) is 9.28. The van der Waals surface area contributed by atoms with E-state index in [2.05, 4.69) is 4.72 Å². The van der Waals surface area contributed by atoms with Crippen molar-refractivity contribution < 1.29 is 17.9 Å². The molecule has 1 saturated carbocycles. The number of hydrogen-bond donors (Lipinski definition) is 2. The molecule has 3 N–H and O–H groups in total. The van der Waals surface area contributed by atoms with E-state index < -0.39 is 16.0 Å². The number of nitrogens with one attached hydrogen (secondary N) is 1. The van der Waals surface area contributed by atoms with E-state index in [0.29, 0.717) is 6.54 Å². The number of aryl methyl sites for hydroxylation is 1. The van der Waals surface area contributed by atoms with E-state index in [9.17, 15) is 13.2 Å². The average molecular weight is 340 g/mol. The molecule has 2 rings (SSSR count). The summed E-state index contributed by atoms with van der Waals surface area (Å²) in [4.78, 5) is 11.9. The van der Waals surface area contributed by atoms with Gasteiger partial charge in [-0.25, -0.2) is 17.9 Å². The lowest BCUT2D eigenvalue weighted by molar-refractivity contribution is 0.0596. The van der Waals surface area contributed by atoms with Gasteiger partial charge in [-0.2, -0.15) is 0 Å². The molecule has 128 valence electrons. The van der Waals surface area contributed by atoms with Gasteiger partial charge in [-0.15, -0.1) is 0 Å². The highest BCUT2D eigenvalue weighted by Crippen LogP contribution is 2.26. The Bertz CT molecular complexity index is 673. The van der Waals surface area contributed by atoms with Gasteiger partial charge in [-0.05, 0) is 44.4 Å². The molecule has 0 amide bonds. The van der Waals surface area contributed by atoms with E-state index in [1.807, 2.05) is 0 Å². The van der Waals surface area contributed by atoms with Crippen LogP contribution in [0.5, 0.6) is 0 Å². The van der Waals surface area contributed by atoms with Crippen LogP contribution in [-0.2, 0) is 14.8 Å². The van der Waals surface area contributed by atoms with Gasteiger partial charge >= 0.3 is 5.97 Å². The number of carbonyl (C=O) groups excluding carboxylic acids is 1. The summed E-state index contributed by atoms with van der Waals surface area (Å²) in [6.07, 6.45) is 3.72. The quantitative estimate of drug-likeness (QED) is 0.793. The Labute approximate surface area is 137 Å². The van der Waals surface area contributed by atoms with Gasteiger partial charge in [0.25, 0.3) is 0 Å². The van der Waals surface area contributed by atoms with Crippen LogP contribution in [0, 0.1) is 12.8 Å². The molecule has 0 bridgehead atoms. The number of methoxy groups -OCH3 is 1. The number of rotatable bonds is 5. The highest BCUT2D eigenvalue weighted by atomic mass is 32.2. The molecule has 0 saturated heterocycles. The van der Waals surface area contributed by atoms with Crippen LogP contribution in [0.1, 0.15) is 41.6 Å². The second-order valence-corrected chi connectivity index (χ2v) is 7.68. The third-order valence-corrected chi connectivity index (χ3v) is 5.90. The third kappa shape index (κ3) is 4.10. The third-order valence-electron chi connectivity index (χ3n) is 4.35. The van der Waals surface area contributed by atoms with E-state index in [1.165, 1.54) is 19.2 Å². The summed E-state index contributed by atoms with van der Waals surface area (Å²) >= 11 is 0. The number of esters is 1. The molecule has 2 atom stereocenters. The maximum absolute atomic E-state index is 12.8. The Morgan fingerprint density at radius 2 is 2.04 bits per heavy atom. The smallest absolute Gasteiger partial charge is 0.339 e. The highest BCUT2D eigenvalue weighted by molar-refractivity contribution is 7.89. The van der Waals surface area contributed by atoms with E-state index in [-0.39, 0.29) is 22.4 Å². The Morgan fingerprint density at radius 1 is 1.35 bits per heavy atom. The van der Waals surface area contributed by atoms with Crippen molar-refractivity contribution in [2.75, 3.05) is 13.7 Å². The molecule has 1 aromatic rings. The van der Waals surface area contributed by atoms with Crippen LogP contribution >= 0.6 is 0 Å². The Balaban J connectivity index is 2.34. The van der Waals surface area contributed by atoms with Crippen molar-refractivity contribution in [3.8, 4) is 0 Å². The maximum atomic E-state index is 12.8. The lowest BCUT2D eigenvalue weighted by Gasteiger charge is -2.31. The average Bonchev–Trinajstić information content (AvgIpc) is 2.53. The zero-order valence-electron chi connectivity index (χ0n) is 13.5. The second-order valence-electron chi connectivity index (χ2n) is 6.00. The van der Waals surface area contributed by atoms with Crippen LogP contribution in [-0.4, -0.2) is 34.1 Å². The van der Waals surface area contributed by atoms with E-state index in [4.69, 9.17) is 10.5 Å². The molecule has 0 radical (unpaired) electrons. The molecule has 23 heavy (non-hydrogen) atoms. The first kappa shape index (κ1) is 17.9. The zero-order valence-corrected chi connectivity index (χ0v) is 14.4. The molecule has 0 aliphatic heterocycles. The van der Waals surface area contributed by atoms with Gasteiger partial charge in [0, 0.05) is 6.04 Å². The lowest BCUT2D eigenvalue weighted by Crippen LogP contribution is -2.44. The first-order chi connectivity index (χ1) is 10.9. The van der Waals surface area contributed by atoms with Gasteiger partial charge < -0.3 is 10.5 Å². The summed E-state index contributed by atoms with van der Waals surface area (Å²) in [6.45, 7) is 2.24. The second kappa shape index (κ2) is 7.42. The molecular weight excluding hydrogens is 316 g/mol. The monoisotopic (exact) mass is 340 g/mol. The number of hydrogen-bond acceptors (Lipinski definition) is 5. The number of sulfonamides is 1. The fourth-order valence-electron chi connectivity index (χ4n) is 3.06. The molecule has 2 unspecified atom stereocenters. The van der Waals surface area contributed by atoms with Crippen LogP contribution in [0.2, 0.25) is 0 Å². The highest BCUT2D eigenvalue weighted by Gasteiger charge is 2.31. The predicted molar refractivity (Wildman–Crippen MR) is 87.6 cm³/mol. The Morgan fingerprint density at radius 3 is 2.70 bits per heavy atom. The maximum Gasteiger partial charge on any atom is 0.339 e. The molecule has 1 aromatic carbocycles. The van der Waals surface area contributed by atoms with Crippen LogP contribution < -0.4 is 10.5 Å². The molecule has 0 aromatic heterocycles. The molecular formula is C16H24N2O4S. The standard InChI is InChI=1S/C16H24N2O4S/c1-11-7-8-15(13(9-11)16(19)22-2)23(20,21)18-14-6-4-3-5-12(14)10-17/h7-9,12,14,18H,3-6,10,17H2,1-2H3. The minimum atomic E-state index is -3.81. The predicted octanol–water partition coefficient (Wildman–Crippen LogP) is 1.58.